The van der Waals surface area contributed by atoms with Crippen LogP contribution in [0, 0.1) is 0 Å². The first-order chi connectivity index (χ1) is 14.7. The number of ketones is 1. The Labute approximate surface area is 186 Å². The molecule has 0 bridgehead atoms. The number of esters is 1. The average Bonchev–Trinajstić information content (AvgIpc) is 2.75. The molecule has 0 amide bonds. The Morgan fingerprint density at radius 1 is 0.935 bits per heavy atom. The van der Waals surface area contributed by atoms with Gasteiger partial charge < -0.3 is 14.3 Å². The van der Waals surface area contributed by atoms with Crippen LogP contribution >= 0.6 is 0 Å². The van der Waals surface area contributed by atoms with Crippen molar-refractivity contribution in [1.29, 1.82) is 0 Å². The monoisotopic (exact) mass is 442 g/mol. The van der Waals surface area contributed by atoms with E-state index in [0.29, 0.717) is 13.0 Å². The summed E-state index contributed by atoms with van der Waals surface area (Å²) in [6.07, 6.45) is -0.307. The Hall–Kier alpha value is -2.28. The Kier molecular flexibility index (Phi) is 9.16. The lowest BCUT2D eigenvalue weighted by Crippen LogP contribution is -2.66. The number of carbonyl (C=O) groups is 2. The number of hydrogen-bond donors (Lipinski definition) is 1. The van der Waals surface area contributed by atoms with Crippen LogP contribution in [0.15, 0.2) is 60.7 Å². The van der Waals surface area contributed by atoms with Gasteiger partial charge in [-0.25, -0.2) is 0 Å². The zero-order chi connectivity index (χ0) is 22.9. The number of benzene rings is 2. The highest BCUT2D eigenvalue weighted by molar-refractivity contribution is 6.99. The van der Waals surface area contributed by atoms with Crippen LogP contribution in [0.3, 0.4) is 0 Å². The lowest BCUT2D eigenvalue weighted by molar-refractivity contribution is -0.142. The minimum absolute atomic E-state index is 0.0150. The van der Waals surface area contributed by atoms with E-state index in [1.54, 1.807) is 0 Å². The highest BCUT2D eigenvalue weighted by atomic mass is 28.4. The first kappa shape index (κ1) is 25.0. The van der Waals surface area contributed by atoms with Crippen LogP contribution in [0.2, 0.25) is 5.04 Å². The summed E-state index contributed by atoms with van der Waals surface area (Å²) in [6, 6.07) is 20.6. The fourth-order valence-corrected chi connectivity index (χ4v) is 8.50. The molecule has 0 aliphatic rings. The highest BCUT2D eigenvalue weighted by Crippen LogP contribution is 2.36. The SMILES string of the molecule is COC(=O)CCC(=O)C[C@@H](O)CCO[Si](c1ccccc1)(c1ccccc1)C(C)(C)C. The minimum atomic E-state index is -2.65. The third kappa shape index (κ3) is 6.60. The second-order valence-electron chi connectivity index (χ2n) is 8.77. The minimum Gasteiger partial charge on any atom is -0.469 e. The zero-order valence-corrected chi connectivity index (χ0v) is 20.0. The molecular formula is C25H34O5Si. The molecule has 6 heteroatoms. The summed E-state index contributed by atoms with van der Waals surface area (Å²) in [5.74, 6) is -0.568. The Morgan fingerprint density at radius 3 is 1.90 bits per heavy atom. The summed E-state index contributed by atoms with van der Waals surface area (Å²) in [5, 5.41) is 12.6. The lowest BCUT2D eigenvalue weighted by atomic mass is 10.1. The maximum Gasteiger partial charge on any atom is 0.305 e. The van der Waals surface area contributed by atoms with Gasteiger partial charge in [0.2, 0.25) is 0 Å². The van der Waals surface area contributed by atoms with Crippen molar-refractivity contribution >= 4 is 30.4 Å². The van der Waals surface area contributed by atoms with E-state index >= 15 is 0 Å². The number of hydrogen-bond acceptors (Lipinski definition) is 5. The highest BCUT2D eigenvalue weighted by Gasteiger charge is 2.50. The molecule has 31 heavy (non-hydrogen) atoms. The van der Waals surface area contributed by atoms with E-state index in [-0.39, 0.29) is 30.1 Å². The number of ether oxygens (including phenoxy) is 1. The summed E-state index contributed by atoms with van der Waals surface area (Å²) in [4.78, 5) is 23.2. The van der Waals surface area contributed by atoms with Gasteiger partial charge in [-0.3, -0.25) is 9.59 Å². The van der Waals surface area contributed by atoms with Gasteiger partial charge in [0.05, 0.1) is 19.6 Å². The molecule has 0 unspecified atom stereocenters. The van der Waals surface area contributed by atoms with Gasteiger partial charge in [-0.1, -0.05) is 81.4 Å². The largest absolute Gasteiger partial charge is 0.469 e. The second kappa shape index (κ2) is 11.4. The predicted octanol–water partition coefficient (Wildman–Crippen LogP) is 3.23. The van der Waals surface area contributed by atoms with Gasteiger partial charge in [0.25, 0.3) is 8.32 Å². The van der Waals surface area contributed by atoms with Crippen molar-refractivity contribution in [3.63, 3.8) is 0 Å². The molecule has 0 aliphatic heterocycles. The van der Waals surface area contributed by atoms with Crippen molar-refractivity contribution in [2.45, 2.75) is 57.6 Å². The number of rotatable bonds is 11. The molecule has 0 aromatic heterocycles. The molecule has 0 heterocycles. The van der Waals surface area contributed by atoms with Gasteiger partial charge >= 0.3 is 5.97 Å². The van der Waals surface area contributed by atoms with Crippen LogP contribution in [0.1, 0.15) is 46.5 Å². The molecular weight excluding hydrogens is 408 g/mol. The van der Waals surface area contributed by atoms with Gasteiger partial charge in [-0.15, -0.1) is 0 Å². The zero-order valence-electron chi connectivity index (χ0n) is 19.0. The molecule has 2 rings (SSSR count). The van der Waals surface area contributed by atoms with Gasteiger partial charge in [-0.2, -0.15) is 0 Å². The van der Waals surface area contributed by atoms with Gasteiger partial charge in [0.1, 0.15) is 5.78 Å². The van der Waals surface area contributed by atoms with Gasteiger partial charge in [0.15, 0.2) is 0 Å². The van der Waals surface area contributed by atoms with E-state index in [4.69, 9.17) is 4.43 Å². The fraction of sp³-hybridized carbons (Fsp3) is 0.440. The van der Waals surface area contributed by atoms with Crippen molar-refractivity contribution in [2.75, 3.05) is 13.7 Å². The maximum absolute atomic E-state index is 12.0. The predicted molar refractivity (Wildman–Crippen MR) is 125 cm³/mol. The van der Waals surface area contributed by atoms with E-state index in [1.807, 2.05) is 36.4 Å². The molecule has 0 radical (unpaired) electrons. The molecule has 0 saturated heterocycles. The summed E-state index contributed by atoms with van der Waals surface area (Å²) in [5.41, 5.74) is 0. The number of Topliss-reactive ketones (excluding diaryl/α,β-unsaturated/α-hetero) is 1. The van der Waals surface area contributed by atoms with E-state index in [9.17, 15) is 14.7 Å². The molecule has 0 spiro atoms. The van der Waals surface area contributed by atoms with Crippen LogP contribution < -0.4 is 10.4 Å². The fourth-order valence-electron chi connectivity index (χ4n) is 3.92. The molecule has 0 fully saturated rings. The van der Waals surface area contributed by atoms with Crippen molar-refractivity contribution in [3.8, 4) is 0 Å². The molecule has 1 N–H and O–H groups in total. The molecule has 5 nitrogen and oxygen atoms in total. The first-order valence-corrected chi connectivity index (χ1v) is 12.6. The summed E-state index contributed by atoms with van der Waals surface area (Å²) in [7, 11) is -1.35. The van der Waals surface area contributed by atoms with E-state index in [1.165, 1.54) is 17.5 Å². The number of aliphatic hydroxyl groups excluding tert-OH is 1. The molecule has 2 aromatic rings. The molecule has 1 atom stereocenters. The number of carbonyl (C=O) groups excluding carboxylic acids is 2. The molecule has 168 valence electrons. The standard InChI is InChI=1S/C25H34O5Si/c1-25(2,3)31(22-11-7-5-8-12-22,23-13-9-6-10-14-23)30-18-17-21(27)19-20(26)15-16-24(28)29-4/h5-14,21,27H,15-19H2,1-4H3/t21-/m0/s1. The number of aliphatic hydroxyl groups is 1. The Balaban J connectivity index is 2.14. The van der Waals surface area contributed by atoms with Crippen LogP contribution in [-0.4, -0.2) is 45.0 Å². The smallest absolute Gasteiger partial charge is 0.305 e. The topological polar surface area (TPSA) is 72.8 Å². The van der Waals surface area contributed by atoms with E-state index in [0.717, 1.165) is 0 Å². The second-order valence-corrected chi connectivity index (χ2v) is 13.1. The van der Waals surface area contributed by atoms with Gasteiger partial charge in [0, 0.05) is 19.4 Å². The maximum atomic E-state index is 12.0. The third-order valence-electron chi connectivity index (χ3n) is 5.49. The molecule has 0 saturated carbocycles. The summed E-state index contributed by atoms with van der Waals surface area (Å²) >= 11 is 0. The summed E-state index contributed by atoms with van der Waals surface area (Å²) in [6.45, 7) is 6.95. The lowest BCUT2D eigenvalue weighted by Gasteiger charge is -2.43. The van der Waals surface area contributed by atoms with Crippen molar-refractivity contribution < 1.29 is 23.9 Å². The van der Waals surface area contributed by atoms with Crippen LogP contribution in [-0.2, 0) is 18.8 Å². The van der Waals surface area contributed by atoms with Crippen molar-refractivity contribution in [1.82, 2.24) is 0 Å². The normalized spacial score (nSPS) is 12.9. The first-order valence-electron chi connectivity index (χ1n) is 10.7. The van der Waals surface area contributed by atoms with Crippen LogP contribution in [0.5, 0.6) is 0 Å². The van der Waals surface area contributed by atoms with Crippen LogP contribution in [0.4, 0.5) is 0 Å². The van der Waals surface area contributed by atoms with Crippen molar-refractivity contribution in [3.05, 3.63) is 60.7 Å². The van der Waals surface area contributed by atoms with E-state index in [2.05, 4.69) is 49.8 Å². The number of methoxy groups -OCH3 is 1. The van der Waals surface area contributed by atoms with Crippen LogP contribution in [0.25, 0.3) is 0 Å². The Morgan fingerprint density at radius 2 is 1.45 bits per heavy atom. The third-order valence-corrected chi connectivity index (χ3v) is 10.5. The van der Waals surface area contributed by atoms with Crippen molar-refractivity contribution in [2.24, 2.45) is 0 Å². The van der Waals surface area contributed by atoms with Gasteiger partial charge in [-0.05, 0) is 21.8 Å². The molecule has 2 aromatic carbocycles. The summed E-state index contributed by atoms with van der Waals surface area (Å²) < 4.78 is 11.3. The quantitative estimate of drug-likeness (QED) is 0.427. The Bertz CT molecular complexity index is 790. The molecule has 0 aliphatic carbocycles. The van der Waals surface area contributed by atoms with E-state index < -0.39 is 20.4 Å². The average molecular weight is 443 g/mol.